The van der Waals surface area contributed by atoms with Crippen molar-refractivity contribution in [3.05, 3.63) is 35.7 Å². The molecule has 0 spiro atoms. The standard InChI is InChI=1S/C17H19N3O5/c21-17(18-7-11-3-4-22-8-11)14-5-12(19-20-14)9-23-13-1-2-15-16(6-13)25-10-24-15/h1-2,5-6,11H,3-4,7-10H2,(H,18,21)(H,19,20)/t11-/m0/s1. The predicted molar refractivity (Wildman–Crippen MR) is 86.7 cm³/mol. The van der Waals surface area contributed by atoms with Gasteiger partial charge >= 0.3 is 0 Å². The molecule has 8 nitrogen and oxygen atoms in total. The normalized spacial score (nSPS) is 18.3. The van der Waals surface area contributed by atoms with Crippen molar-refractivity contribution in [2.24, 2.45) is 5.92 Å². The van der Waals surface area contributed by atoms with Gasteiger partial charge in [0.1, 0.15) is 18.1 Å². The van der Waals surface area contributed by atoms with Crippen molar-refractivity contribution in [2.75, 3.05) is 26.6 Å². The van der Waals surface area contributed by atoms with E-state index in [0.717, 1.165) is 13.0 Å². The Morgan fingerprint density at radius 1 is 1.32 bits per heavy atom. The number of H-pyrrole nitrogens is 1. The minimum Gasteiger partial charge on any atom is -0.487 e. The summed E-state index contributed by atoms with van der Waals surface area (Å²) in [6.45, 7) is 2.58. The van der Waals surface area contributed by atoms with Crippen LogP contribution in [0.4, 0.5) is 0 Å². The van der Waals surface area contributed by atoms with Crippen molar-refractivity contribution in [1.82, 2.24) is 15.5 Å². The molecule has 1 amide bonds. The van der Waals surface area contributed by atoms with E-state index in [4.69, 9.17) is 18.9 Å². The van der Waals surface area contributed by atoms with Crippen LogP contribution in [0.3, 0.4) is 0 Å². The zero-order chi connectivity index (χ0) is 17.1. The first kappa shape index (κ1) is 15.8. The van der Waals surface area contributed by atoms with Gasteiger partial charge in [-0.25, -0.2) is 0 Å². The van der Waals surface area contributed by atoms with Crippen LogP contribution < -0.4 is 19.5 Å². The van der Waals surface area contributed by atoms with Gasteiger partial charge in [-0.3, -0.25) is 9.89 Å². The Morgan fingerprint density at radius 3 is 3.12 bits per heavy atom. The molecule has 25 heavy (non-hydrogen) atoms. The second-order valence-electron chi connectivity index (χ2n) is 6.02. The Balaban J connectivity index is 1.29. The first-order chi connectivity index (χ1) is 12.3. The molecule has 2 aliphatic rings. The number of benzene rings is 1. The summed E-state index contributed by atoms with van der Waals surface area (Å²) >= 11 is 0. The molecular weight excluding hydrogens is 326 g/mol. The third-order valence-corrected chi connectivity index (χ3v) is 4.18. The van der Waals surface area contributed by atoms with Crippen LogP contribution in [-0.4, -0.2) is 42.7 Å². The molecule has 2 aromatic rings. The summed E-state index contributed by atoms with van der Waals surface area (Å²) in [6.07, 6.45) is 0.982. The van der Waals surface area contributed by atoms with Crippen LogP contribution in [0.15, 0.2) is 24.3 Å². The second-order valence-corrected chi connectivity index (χ2v) is 6.02. The predicted octanol–water partition coefficient (Wildman–Crippen LogP) is 1.48. The smallest absolute Gasteiger partial charge is 0.271 e. The highest BCUT2D eigenvalue weighted by Crippen LogP contribution is 2.35. The summed E-state index contributed by atoms with van der Waals surface area (Å²) in [5, 5.41) is 9.74. The summed E-state index contributed by atoms with van der Waals surface area (Å²) in [6, 6.07) is 7.07. The van der Waals surface area contributed by atoms with E-state index in [2.05, 4.69) is 15.5 Å². The molecule has 0 radical (unpaired) electrons. The number of aromatic amines is 1. The fourth-order valence-electron chi connectivity index (χ4n) is 2.75. The molecule has 1 atom stereocenters. The molecule has 0 bridgehead atoms. The molecule has 0 aliphatic carbocycles. The van der Waals surface area contributed by atoms with Crippen LogP contribution in [0.2, 0.25) is 0 Å². The number of carbonyl (C=O) groups is 1. The minimum atomic E-state index is -0.197. The maximum Gasteiger partial charge on any atom is 0.271 e. The number of hydrogen-bond donors (Lipinski definition) is 2. The third-order valence-electron chi connectivity index (χ3n) is 4.18. The Hall–Kier alpha value is -2.74. The topological polar surface area (TPSA) is 94.7 Å². The van der Waals surface area contributed by atoms with Gasteiger partial charge in [-0.2, -0.15) is 5.10 Å². The van der Waals surface area contributed by atoms with E-state index < -0.39 is 0 Å². The lowest BCUT2D eigenvalue weighted by molar-refractivity contribution is 0.0940. The number of amides is 1. The number of ether oxygens (including phenoxy) is 4. The van der Waals surface area contributed by atoms with Crippen molar-refractivity contribution in [2.45, 2.75) is 13.0 Å². The molecule has 2 N–H and O–H groups in total. The van der Waals surface area contributed by atoms with Crippen molar-refractivity contribution in [3.63, 3.8) is 0 Å². The lowest BCUT2D eigenvalue weighted by Crippen LogP contribution is -2.29. The molecule has 1 aromatic heterocycles. The zero-order valence-corrected chi connectivity index (χ0v) is 13.6. The molecule has 1 fully saturated rings. The summed E-state index contributed by atoms with van der Waals surface area (Å²) in [5.74, 6) is 2.22. The van der Waals surface area contributed by atoms with Gasteiger partial charge in [0.2, 0.25) is 6.79 Å². The molecule has 3 heterocycles. The molecule has 2 aliphatic heterocycles. The molecule has 132 valence electrons. The fourth-order valence-corrected chi connectivity index (χ4v) is 2.75. The van der Waals surface area contributed by atoms with Crippen LogP contribution in [0, 0.1) is 5.92 Å². The van der Waals surface area contributed by atoms with E-state index >= 15 is 0 Å². The lowest BCUT2D eigenvalue weighted by Gasteiger charge is -2.07. The van der Waals surface area contributed by atoms with Crippen LogP contribution >= 0.6 is 0 Å². The van der Waals surface area contributed by atoms with E-state index in [0.29, 0.717) is 47.7 Å². The second kappa shape index (κ2) is 7.02. The summed E-state index contributed by atoms with van der Waals surface area (Å²) < 4.78 is 21.6. The van der Waals surface area contributed by atoms with E-state index in [1.54, 1.807) is 24.3 Å². The average molecular weight is 345 g/mol. The molecule has 4 rings (SSSR count). The maximum absolute atomic E-state index is 12.1. The SMILES string of the molecule is O=C(NC[C@@H]1CCOC1)c1cc(COc2ccc3c(c2)OCO3)[nH]n1. The summed E-state index contributed by atoms with van der Waals surface area (Å²) in [4.78, 5) is 12.1. The van der Waals surface area contributed by atoms with E-state index in [-0.39, 0.29) is 19.3 Å². The van der Waals surface area contributed by atoms with E-state index in [9.17, 15) is 4.79 Å². The Bertz CT molecular complexity index is 754. The van der Waals surface area contributed by atoms with Gasteiger partial charge in [-0.1, -0.05) is 0 Å². The van der Waals surface area contributed by atoms with Crippen LogP contribution in [-0.2, 0) is 11.3 Å². The van der Waals surface area contributed by atoms with Gasteiger partial charge in [0, 0.05) is 25.1 Å². The summed E-state index contributed by atoms with van der Waals surface area (Å²) in [7, 11) is 0. The van der Waals surface area contributed by atoms with Crippen molar-refractivity contribution in [1.29, 1.82) is 0 Å². The lowest BCUT2D eigenvalue weighted by atomic mass is 10.1. The highest BCUT2D eigenvalue weighted by atomic mass is 16.7. The first-order valence-corrected chi connectivity index (χ1v) is 8.20. The maximum atomic E-state index is 12.1. The average Bonchev–Trinajstić information content (AvgIpc) is 3.39. The minimum absolute atomic E-state index is 0.197. The molecule has 0 saturated carbocycles. The number of nitrogens with zero attached hydrogens (tertiary/aromatic N) is 1. The highest BCUT2D eigenvalue weighted by molar-refractivity contribution is 5.92. The van der Waals surface area contributed by atoms with Crippen LogP contribution in [0.25, 0.3) is 0 Å². The van der Waals surface area contributed by atoms with E-state index in [1.807, 2.05) is 0 Å². The van der Waals surface area contributed by atoms with Crippen LogP contribution in [0.1, 0.15) is 22.6 Å². The number of hydrogen-bond acceptors (Lipinski definition) is 6. The number of fused-ring (bicyclic) bond motifs is 1. The molecular formula is C17H19N3O5. The number of aromatic nitrogens is 2. The van der Waals surface area contributed by atoms with Gasteiger partial charge in [-0.15, -0.1) is 0 Å². The number of carbonyl (C=O) groups excluding carboxylic acids is 1. The molecule has 0 unspecified atom stereocenters. The van der Waals surface area contributed by atoms with Gasteiger partial charge in [0.15, 0.2) is 11.5 Å². The summed E-state index contributed by atoms with van der Waals surface area (Å²) in [5.41, 5.74) is 1.07. The Labute approximate surface area is 144 Å². The van der Waals surface area contributed by atoms with Crippen molar-refractivity contribution >= 4 is 5.91 Å². The number of rotatable bonds is 6. The monoisotopic (exact) mass is 345 g/mol. The first-order valence-electron chi connectivity index (χ1n) is 8.20. The third kappa shape index (κ3) is 3.69. The van der Waals surface area contributed by atoms with Crippen molar-refractivity contribution < 1.29 is 23.7 Å². The molecule has 1 aromatic carbocycles. The van der Waals surface area contributed by atoms with Gasteiger partial charge in [-0.05, 0) is 24.6 Å². The molecule has 8 heteroatoms. The van der Waals surface area contributed by atoms with Gasteiger partial charge < -0.3 is 24.3 Å². The Morgan fingerprint density at radius 2 is 2.24 bits per heavy atom. The fraction of sp³-hybridized carbons (Fsp3) is 0.412. The van der Waals surface area contributed by atoms with Crippen molar-refractivity contribution in [3.8, 4) is 17.2 Å². The number of nitrogens with one attached hydrogen (secondary N) is 2. The quantitative estimate of drug-likeness (QED) is 0.824. The highest BCUT2D eigenvalue weighted by Gasteiger charge is 2.18. The Kier molecular flexibility index (Phi) is 4.43. The largest absolute Gasteiger partial charge is 0.487 e. The van der Waals surface area contributed by atoms with Gasteiger partial charge in [0.25, 0.3) is 5.91 Å². The van der Waals surface area contributed by atoms with Gasteiger partial charge in [0.05, 0.1) is 12.3 Å². The zero-order valence-electron chi connectivity index (χ0n) is 13.6. The van der Waals surface area contributed by atoms with E-state index in [1.165, 1.54) is 0 Å². The molecule has 1 saturated heterocycles. The van der Waals surface area contributed by atoms with Crippen LogP contribution in [0.5, 0.6) is 17.2 Å².